The maximum Gasteiger partial charge on any atom is 0.247 e. The fraction of sp³-hybridized carbons (Fsp3) is 0.394. The van der Waals surface area contributed by atoms with Gasteiger partial charge in [0.25, 0.3) is 0 Å². The molecule has 3 aromatic carbocycles. The lowest BCUT2D eigenvalue weighted by Gasteiger charge is -2.32. The molecule has 0 bridgehead atoms. The van der Waals surface area contributed by atoms with Crippen molar-refractivity contribution in [3.05, 3.63) is 102 Å². The number of hydrogen-bond acceptors (Lipinski definition) is 4. The van der Waals surface area contributed by atoms with Gasteiger partial charge in [-0.25, -0.2) is 8.42 Å². The van der Waals surface area contributed by atoms with Gasteiger partial charge in [0.2, 0.25) is 21.8 Å². The lowest BCUT2D eigenvalue weighted by Crippen LogP contribution is -2.43. The van der Waals surface area contributed by atoms with E-state index in [4.69, 9.17) is 0 Å². The Morgan fingerprint density at radius 1 is 0.854 bits per heavy atom. The largest absolute Gasteiger partial charge is 0.354 e. The summed E-state index contributed by atoms with van der Waals surface area (Å²) >= 11 is 0. The van der Waals surface area contributed by atoms with Crippen molar-refractivity contribution in [3.8, 4) is 0 Å². The van der Waals surface area contributed by atoms with E-state index in [0.717, 1.165) is 36.0 Å². The van der Waals surface area contributed by atoms with Gasteiger partial charge in [0.1, 0.15) is 6.04 Å². The number of hydrogen-bond donors (Lipinski definition) is 1. The van der Waals surface area contributed by atoms with Crippen molar-refractivity contribution in [1.82, 2.24) is 14.5 Å². The number of nitrogens with one attached hydrogen (secondary N) is 1. The van der Waals surface area contributed by atoms with Crippen LogP contribution in [0.3, 0.4) is 0 Å². The summed E-state index contributed by atoms with van der Waals surface area (Å²) < 4.78 is 27.3. The Balaban J connectivity index is 1.54. The highest BCUT2D eigenvalue weighted by molar-refractivity contribution is 7.89. The van der Waals surface area contributed by atoms with Crippen LogP contribution in [-0.2, 0) is 32.6 Å². The molecule has 1 atom stereocenters. The van der Waals surface area contributed by atoms with Crippen LogP contribution in [0.4, 0.5) is 0 Å². The van der Waals surface area contributed by atoms with Crippen molar-refractivity contribution in [2.45, 2.75) is 63.4 Å². The standard InChI is InChI=1S/C33H41N3O4S/c1-26(2)21-22-34-33(38)32(29-13-7-4-8-14-29)36(25-28-11-5-3-6-12-28)31(37)20-17-27-15-18-30(19-16-27)41(39,40)35-23-9-10-24-35/h3-8,11-16,18-19,26,32H,9-10,17,20-25H2,1-2H3,(H,34,38)/t32-/m0/s1. The van der Waals surface area contributed by atoms with E-state index in [-0.39, 0.29) is 23.1 Å². The fourth-order valence-corrected chi connectivity index (χ4v) is 6.61. The minimum Gasteiger partial charge on any atom is -0.354 e. The van der Waals surface area contributed by atoms with E-state index >= 15 is 0 Å². The highest BCUT2D eigenvalue weighted by atomic mass is 32.2. The van der Waals surface area contributed by atoms with Crippen LogP contribution in [0.2, 0.25) is 0 Å². The molecule has 1 saturated heterocycles. The average molecular weight is 576 g/mol. The van der Waals surface area contributed by atoms with Gasteiger partial charge < -0.3 is 10.2 Å². The highest BCUT2D eigenvalue weighted by Crippen LogP contribution is 2.26. The van der Waals surface area contributed by atoms with Crippen LogP contribution in [0.5, 0.6) is 0 Å². The Labute approximate surface area is 244 Å². The number of sulfonamides is 1. The zero-order chi connectivity index (χ0) is 29.2. The number of nitrogens with zero attached hydrogens (tertiary/aromatic N) is 2. The zero-order valence-electron chi connectivity index (χ0n) is 24.0. The molecular formula is C33H41N3O4S. The van der Waals surface area contributed by atoms with Crippen LogP contribution in [0.1, 0.15) is 62.3 Å². The molecule has 0 spiro atoms. The van der Waals surface area contributed by atoms with Gasteiger partial charge in [0, 0.05) is 32.6 Å². The number of aryl methyl sites for hydroxylation is 1. The van der Waals surface area contributed by atoms with E-state index in [2.05, 4.69) is 19.2 Å². The Kier molecular flexibility index (Phi) is 10.7. The molecule has 1 N–H and O–H groups in total. The van der Waals surface area contributed by atoms with Crippen LogP contribution in [0, 0.1) is 5.92 Å². The van der Waals surface area contributed by atoms with Gasteiger partial charge >= 0.3 is 0 Å². The molecule has 7 nitrogen and oxygen atoms in total. The molecule has 0 unspecified atom stereocenters. The molecule has 0 saturated carbocycles. The van der Waals surface area contributed by atoms with Crippen LogP contribution in [0.15, 0.2) is 89.8 Å². The first-order chi connectivity index (χ1) is 19.8. The lowest BCUT2D eigenvalue weighted by atomic mass is 10.0. The minimum atomic E-state index is -3.49. The fourth-order valence-electron chi connectivity index (χ4n) is 5.09. The van der Waals surface area contributed by atoms with Gasteiger partial charge in [0.15, 0.2) is 0 Å². The highest BCUT2D eigenvalue weighted by Gasteiger charge is 2.31. The van der Waals surface area contributed by atoms with Gasteiger partial charge in [-0.15, -0.1) is 0 Å². The van der Waals surface area contributed by atoms with E-state index in [1.165, 1.54) is 4.31 Å². The molecule has 0 aliphatic carbocycles. The third-order valence-corrected chi connectivity index (χ3v) is 9.38. The summed E-state index contributed by atoms with van der Waals surface area (Å²) in [6, 6.07) is 25.2. The summed E-state index contributed by atoms with van der Waals surface area (Å²) in [7, 11) is -3.49. The predicted molar refractivity (Wildman–Crippen MR) is 161 cm³/mol. The number of benzene rings is 3. The van der Waals surface area contributed by atoms with Crippen molar-refractivity contribution < 1.29 is 18.0 Å². The van der Waals surface area contributed by atoms with Crippen molar-refractivity contribution in [2.24, 2.45) is 5.92 Å². The molecule has 1 aliphatic rings. The molecule has 4 rings (SSSR count). The van der Waals surface area contributed by atoms with Crippen LogP contribution < -0.4 is 5.32 Å². The molecule has 218 valence electrons. The molecule has 3 aromatic rings. The molecule has 1 aliphatic heterocycles. The second-order valence-corrected chi connectivity index (χ2v) is 13.0. The summed E-state index contributed by atoms with van der Waals surface area (Å²) in [5.41, 5.74) is 2.57. The Hall–Kier alpha value is -3.49. The zero-order valence-corrected chi connectivity index (χ0v) is 24.9. The second kappa shape index (κ2) is 14.4. The van der Waals surface area contributed by atoms with E-state index in [1.54, 1.807) is 29.2 Å². The molecule has 2 amide bonds. The van der Waals surface area contributed by atoms with Crippen molar-refractivity contribution in [1.29, 1.82) is 0 Å². The van der Waals surface area contributed by atoms with E-state index in [9.17, 15) is 18.0 Å². The number of carbonyl (C=O) groups excluding carboxylic acids is 2. The van der Waals surface area contributed by atoms with Gasteiger partial charge in [-0.3, -0.25) is 9.59 Å². The summed E-state index contributed by atoms with van der Waals surface area (Å²) in [6.07, 6.45) is 3.25. The molecule has 0 aromatic heterocycles. The summed E-state index contributed by atoms with van der Waals surface area (Å²) in [5.74, 6) is 0.109. The molecule has 1 fully saturated rings. The van der Waals surface area contributed by atoms with Gasteiger partial charge in [-0.1, -0.05) is 86.6 Å². The van der Waals surface area contributed by atoms with Crippen LogP contribution in [-0.4, -0.2) is 49.1 Å². The maximum atomic E-state index is 13.9. The minimum absolute atomic E-state index is 0.143. The van der Waals surface area contributed by atoms with Crippen molar-refractivity contribution in [2.75, 3.05) is 19.6 Å². The summed E-state index contributed by atoms with van der Waals surface area (Å²) in [6.45, 7) is 6.18. The lowest BCUT2D eigenvalue weighted by molar-refractivity contribution is -0.141. The van der Waals surface area contributed by atoms with Gasteiger partial charge in [-0.05, 0) is 60.4 Å². The van der Waals surface area contributed by atoms with Gasteiger partial charge in [0.05, 0.1) is 4.90 Å². The normalized spacial score (nSPS) is 14.6. The topological polar surface area (TPSA) is 86.8 Å². The third-order valence-electron chi connectivity index (χ3n) is 7.47. The third kappa shape index (κ3) is 8.27. The van der Waals surface area contributed by atoms with E-state index in [0.29, 0.717) is 38.5 Å². The molecular weight excluding hydrogens is 534 g/mol. The summed E-state index contributed by atoms with van der Waals surface area (Å²) in [4.78, 5) is 29.4. The molecule has 8 heteroatoms. The Morgan fingerprint density at radius 3 is 2.07 bits per heavy atom. The first-order valence-corrected chi connectivity index (χ1v) is 15.9. The number of carbonyl (C=O) groups is 2. The smallest absolute Gasteiger partial charge is 0.247 e. The first-order valence-electron chi connectivity index (χ1n) is 14.5. The number of rotatable bonds is 13. The van der Waals surface area contributed by atoms with Crippen molar-refractivity contribution >= 4 is 21.8 Å². The van der Waals surface area contributed by atoms with E-state index < -0.39 is 16.1 Å². The maximum absolute atomic E-state index is 13.9. The quantitative estimate of drug-likeness (QED) is 0.298. The molecule has 0 radical (unpaired) electrons. The van der Waals surface area contributed by atoms with Crippen molar-refractivity contribution in [3.63, 3.8) is 0 Å². The SMILES string of the molecule is CC(C)CCNC(=O)[C@H](c1ccccc1)N(Cc1ccccc1)C(=O)CCc1ccc(S(=O)(=O)N2CCCC2)cc1. The summed E-state index contributed by atoms with van der Waals surface area (Å²) in [5, 5.41) is 3.06. The monoisotopic (exact) mass is 575 g/mol. The van der Waals surface area contributed by atoms with Crippen LogP contribution >= 0.6 is 0 Å². The molecule has 41 heavy (non-hydrogen) atoms. The first kappa shape index (κ1) is 30.5. The van der Waals surface area contributed by atoms with Gasteiger partial charge in [-0.2, -0.15) is 4.31 Å². The average Bonchev–Trinajstić information content (AvgIpc) is 3.53. The predicted octanol–water partition coefficient (Wildman–Crippen LogP) is 5.34. The Morgan fingerprint density at radius 2 is 1.46 bits per heavy atom. The van der Waals surface area contributed by atoms with Crippen LogP contribution in [0.25, 0.3) is 0 Å². The second-order valence-electron chi connectivity index (χ2n) is 11.0. The Bertz CT molecular complexity index is 1370. The molecule has 1 heterocycles. The number of amides is 2. The van der Waals surface area contributed by atoms with E-state index in [1.807, 2.05) is 60.7 Å².